The molecule has 40 heavy (non-hydrogen) atoms. The number of rotatable bonds is 13. The van der Waals surface area contributed by atoms with Crippen molar-refractivity contribution in [3.8, 4) is 0 Å². The SMILES string of the molecule is Cc1ccc(Cc2ccc(NC(=O)[C@H](CCC(O)O)NC(=O)CNC(=O)CCN3C(=O)C(Br)=C(Br)C3=O)cc2)s1. The first kappa shape index (κ1) is 31.6. The molecular formula is C26H28Br2N4O7S. The highest BCUT2D eigenvalue weighted by molar-refractivity contribution is 9.14. The van der Waals surface area contributed by atoms with Crippen LogP contribution in [-0.2, 0) is 30.4 Å². The highest BCUT2D eigenvalue weighted by atomic mass is 79.9. The van der Waals surface area contributed by atoms with Crippen molar-refractivity contribution in [2.45, 2.75) is 44.9 Å². The monoisotopic (exact) mass is 698 g/mol. The second-order valence-corrected chi connectivity index (χ2v) is 11.9. The smallest absolute Gasteiger partial charge is 0.269 e. The molecule has 214 valence electrons. The number of nitrogens with one attached hydrogen (secondary N) is 3. The van der Waals surface area contributed by atoms with Gasteiger partial charge in [0.1, 0.15) is 15.0 Å². The number of carbonyl (C=O) groups is 5. The molecule has 5 N–H and O–H groups in total. The van der Waals surface area contributed by atoms with E-state index >= 15 is 0 Å². The Morgan fingerprint density at radius 3 is 2.17 bits per heavy atom. The van der Waals surface area contributed by atoms with Gasteiger partial charge in [0.25, 0.3) is 11.8 Å². The van der Waals surface area contributed by atoms with Crippen molar-refractivity contribution in [2.24, 2.45) is 0 Å². The lowest BCUT2D eigenvalue weighted by molar-refractivity contribution is -0.137. The van der Waals surface area contributed by atoms with Crippen LogP contribution in [-0.4, -0.2) is 70.1 Å². The Bertz CT molecular complexity index is 1290. The lowest BCUT2D eigenvalue weighted by Crippen LogP contribution is -2.48. The lowest BCUT2D eigenvalue weighted by atomic mass is 10.1. The number of hydrogen-bond donors (Lipinski definition) is 5. The number of aryl methyl sites for hydroxylation is 1. The molecule has 0 spiro atoms. The van der Waals surface area contributed by atoms with Crippen LogP contribution in [0, 0.1) is 6.92 Å². The maximum Gasteiger partial charge on any atom is 0.269 e. The Kier molecular flexibility index (Phi) is 11.6. The van der Waals surface area contributed by atoms with E-state index in [0.717, 1.165) is 16.9 Å². The first-order valence-corrected chi connectivity index (χ1v) is 14.6. The van der Waals surface area contributed by atoms with Crippen molar-refractivity contribution >= 4 is 78.4 Å². The Morgan fingerprint density at radius 2 is 1.60 bits per heavy atom. The van der Waals surface area contributed by atoms with Crippen molar-refractivity contribution in [3.05, 3.63) is 60.7 Å². The van der Waals surface area contributed by atoms with Crippen LogP contribution in [0.2, 0.25) is 0 Å². The van der Waals surface area contributed by atoms with Crippen LogP contribution in [0.3, 0.4) is 0 Å². The summed E-state index contributed by atoms with van der Waals surface area (Å²) in [5.74, 6) is -2.97. The minimum atomic E-state index is -1.67. The molecule has 0 saturated heterocycles. The molecule has 0 aliphatic carbocycles. The fourth-order valence-electron chi connectivity index (χ4n) is 3.75. The molecule has 1 aromatic heterocycles. The maximum absolute atomic E-state index is 12.9. The zero-order valence-electron chi connectivity index (χ0n) is 21.4. The molecule has 0 radical (unpaired) electrons. The molecule has 11 nitrogen and oxygen atoms in total. The van der Waals surface area contributed by atoms with E-state index in [1.165, 1.54) is 9.75 Å². The van der Waals surface area contributed by atoms with Gasteiger partial charge in [0.15, 0.2) is 6.29 Å². The van der Waals surface area contributed by atoms with E-state index in [0.29, 0.717) is 5.69 Å². The molecule has 3 rings (SSSR count). The molecule has 0 saturated carbocycles. The Hall–Kier alpha value is -2.91. The molecule has 5 amide bonds. The van der Waals surface area contributed by atoms with E-state index in [2.05, 4.69) is 59.9 Å². The maximum atomic E-state index is 12.9. The number of thiophene rings is 1. The molecule has 2 heterocycles. The Labute approximate surface area is 251 Å². The minimum absolute atomic E-state index is 0.0606. The van der Waals surface area contributed by atoms with Crippen LogP contribution in [0.15, 0.2) is 45.4 Å². The number of hydrogen-bond acceptors (Lipinski definition) is 8. The summed E-state index contributed by atoms with van der Waals surface area (Å²) in [6.07, 6.45) is -1.36. The third-order valence-electron chi connectivity index (χ3n) is 5.83. The fraction of sp³-hybridized carbons (Fsp3) is 0.346. The van der Waals surface area contributed by atoms with E-state index in [-0.39, 0.29) is 34.8 Å². The van der Waals surface area contributed by atoms with Gasteiger partial charge in [-0.1, -0.05) is 12.1 Å². The average Bonchev–Trinajstić information content (AvgIpc) is 3.40. The molecule has 1 atom stereocenters. The summed E-state index contributed by atoms with van der Waals surface area (Å²) in [6, 6.07) is 10.3. The summed E-state index contributed by atoms with van der Waals surface area (Å²) in [7, 11) is 0. The molecule has 1 aliphatic rings. The van der Waals surface area contributed by atoms with Crippen LogP contribution >= 0.6 is 43.2 Å². The van der Waals surface area contributed by atoms with E-state index in [9.17, 15) is 34.2 Å². The van der Waals surface area contributed by atoms with E-state index in [4.69, 9.17) is 0 Å². The zero-order chi connectivity index (χ0) is 29.4. The number of aliphatic hydroxyl groups is 2. The van der Waals surface area contributed by atoms with Crippen LogP contribution < -0.4 is 16.0 Å². The predicted molar refractivity (Wildman–Crippen MR) is 156 cm³/mol. The summed E-state index contributed by atoms with van der Waals surface area (Å²) >= 11 is 7.72. The van der Waals surface area contributed by atoms with Gasteiger partial charge in [0.05, 0.1) is 6.54 Å². The van der Waals surface area contributed by atoms with Crippen molar-refractivity contribution in [1.82, 2.24) is 15.5 Å². The topological polar surface area (TPSA) is 165 Å². The van der Waals surface area contributed by atoms with Crippen molar-refractivity contribution < 1.29 is 34.2 Å². The number of nitrogens with zero attached hydrogens (tertiary/aromatic N) is 1. The number of amides is 5. The number of imide groups is 1. The number of benzene rings is 1. The van der Waals surface area contributed by atoms with Crippen LogP contribution in [0.1, 0.15) is 34.6 Å². The molecular weight excluding hydrogens is 672 g/mol. The lowest BCUT2D eigenvalue weighted by Gasteiger charge is -2.19. The van der Waals surface area contributed by atoms with Crippen molar-refractivity contribution in [2.75, 3.05) is 18.4 Å². The molecule has 14 heteroatoms. The van der Waals surface area contributed by atoms with Gasteiger partial charge >= 0.3 is 0 Å². The van der Waals surface area contributed by atoms with Gasteiger partial charge in [-0.2, -0.15) is 0 Å². The van der Waals surface area contributed by atoms with E-state index in [1.807, 2.05) is 19.1 Å². The fourth-order valence-corrected chi connectivity index (χ4v) is 5.44. The number of halogens is 2. The summed E-state index contributed by atoms with van der Waals surface area (Å²) in [4.78, 5) is 64.9. The van der Waals surface area contributed by atoms with E-state index in [1.54, 1.807) is 23.5 Å². The first-order chi connectivity index (χ1) is 18.9. The molecule has 0 fully saturated rings. The van der Waals surface area contributed by atoms with Gasteiger partial charge in [-0.05, 0) is 75.0 Å². The molecule has 0 unspecified atom stereocenters. The van der Waals surface area contributed by atoms with Gasteiger partial charge in [-0.15, -0.1) is 11.3 Å². The Morgan fingerprint density at radius 1 is 0.950 bits per heavy atom. The largest absolute Gasteiger partial charge is 0.368 e. The highest BCUT2D eigenvalue weighted by Gasteiger charge is 2.35. The van der Waals surface area contributed by atoms with Gasteiger partial charge in [0, 0.05) is 41.2 Å². The minimum Gasteiger partial charge on any atom is -0.368 e. The molecule has 0 bridgehead atoms. The van der Waals surface area contributed by atoms with Crippen LogP contribution in [0.4, 0.5) is 5.69 Å². The Balaban J connectivity index is 1.49. The second kappa shape index (κ2) is 14.6. The number of carbonyl (C=O) groups excluding carboxylic acids is 5. The zero-order valence-corrected chi connectivity index (χ0v) is 25.4. The molecule has 1 aliphatic heterocycles. The van der Waals surface area contributed by atoms with Crippen molar-refractivity contribution in [3.63, 3.8) is 0 Å². The standard InChI is InChI=1S/C26H28Br2N4O7S/c1-14-2-7-17(40-14)12-15-3-5-16(6-4-15)30-24(37)18(8-9-21(35)36)31-20(34)13-29-19(33)10-11-32-25(38)22(27)23(28)26(32)39/h2-7,18,21,35-36H,8-13H2,1H3,(H,29,33)(H,30,37)(H,31,34)/t18-/m0/s1. The number of anilines is 1. The summed E-state index contributed by atoms with van der Waals surface area (Å²) in [5, 5.41) is 26.1. The molecule has 1 aromatic carbocycles. The van der Waals surface area contributed by atoms with Crippen molar-refractivity contribution in [1.29, 1.82) is 0 Å². The molecule has 2 aromatic rings. The summed E-state index contributed by atoms with van der Waals surface area (Å²) in [6.45, 7) is 1.40. The quantitative estimate of drug-likeness (QED) is 0.158. The van der Waals surface area contributed by atoms with E-state index < -0.39 is 48.4 Å². The third-order valence-corrected chi connectivity index (χ3v) is 8.83. The second-order valence-electron chi connectivity index (χ2n) is 8.97. The summed E-state index contributed by atoms with van der Waals surface area (Å²) in [5.41, 5.74) is 1.57. The first-order valence-electron chi connectivity index (χ1n) is 12.2. The number of aliphatic hydroxyl groups excluding tert-OH is 1. The summed E-state index contributed by atoms with van der Waals surface area (Å²) < 4.78 is 0.137. The van der Waals surface area contributed by atoms with Gasteiger partial charge in [0.2, 0.25) is 17.7 Å². The van der Waals surface area contributed by atoms with Crippen LogP contribution in [0.5, 0.6) is 0 Å². The normalized spacial score (nSPS) is 14.1. The highest BCUT2D eigenvalue weighted by Crippen LogP contribution is 2.29. The van der Waals surface area contributed by atoms with Gasteiger partial charge in [-0.25, -0.2) is 0 Å². The van der Waals surface area contributed by atoms with Crippen LogP contribution in [0.25, 0.3) is 0 Å². The third kappa shape index (κ3) is 9.06. The predicted octanol–water partition coefficient (Wildman–Crippen LogP) is 2.04. The van der Waals surface area contributed by atoms with Gasteiger partial charge < -0.3 is 26.2 Å². The van der Waals surface area contributed by atoms with Gasteiger partial charge in [-0.3, -0.25) is 28.9 Å². The average molecular weight is 700 g/mol.